The summed E-state index contributed by atoms with van der Waals surface area (Å²) >= 11 is 0. The van der Waals surface area contributed by atoms with Crippen molar-refractivity contribution in [1.82, 2.24) is 5.32 Å². The van der Waals surface area contributed by atoms with E-state index in [4.69, 9.17) is 4.74 Å². The lowest BCUT2D eigenvalue weighted by Crippen LogP contribution is -2.55. The highest BCUT2D eigenvalue weighted by molar-refractivity contribution is 4.94. The maximum absolute atomic E-state index is 5.57. The van der Waals surface area contributed by atoms with Gasteiger partial charge in [-0.2, -0.15) is 0 Å². The highest BCUT2D eigenvalue weighted by Crippen LogP contribution is 2.34. The quantitative estimate of drug-likeness (QED) is 0.671. The van der Waals surface area contributed by atoms with Crippen molar-refractivity contribution in [3.05, 3.63) is 0 Å². The number of hydrogen-bond donors (Lipinski definition) is 1. The van der Waals surface area contributed by atoms with E-state index < -0.39 is 0 Å². The van der Waals surface area contributed by atoms with Crippen molar-refractivity contribution < 1.29 is 4.74 Å². The van der Waals surface area contributed by atoms with Crippen LogP contribution in [0.15, 0.2) is 0 Å². The molecule has 0 unspecified atom stereocenters. The zero-order valence-electron chi connectivity index (χ0n) is 8.64. The Kier molecular flexibility index (Phi) is 2.89. The smallest absolute Gasteiger partial charge is 0.0648 e. The van der Waals surface area contributed by atoms with E-state index in [1.165, 1.54) is 32.1 Å². The highest BCUT2D eigenvalue weighted by Gasteiger charge is 2.36. The third-order valence-corrected chi connectivity index (χ3v) is 3.76. The van der Waals surface area contributed by atoms with Crippen LogP contribution in [0.1, 0.15) is 39.0 Å². The molecule has 2 rings (SSSR count). The van der Waals surface area contributed by atoms with E-state index in [0.717, 1.165) is 25.7 Å². The van der Waals surface area contributed by atoms with Crippen molar-refractivity contribution in [2.45, 2.75) is 44.6 Å². The second kappa shape index (κ2) is 3.97. The molecule has 0 aromatic heterocycles. The molecular weight excluding hydrogens is 162 g/mol. The summed E-state index contributed by atoms with van der Waals surface area (Å²) in [5, 5.41) is 3.65. The Bertz CT molecular complexity index is 153. The third-order valence-electron chi connectivity index (χ3n) is 3.76. The molecule has 0 amide bonds. The minimum atomic E-state index is 0.365. The monoisotopic (exact) mass is 183 g/mol. The van der Waals surface area contributed by atoms with Crippen LogP contribution in [-0.4, -0.2) is 25.3 Å². The van der Waals surface area contributed by atoms with Crippen LogP contribution in [0, 0.1) is 5.92 Å². The highest BCUT2D eigenvalue weighted by atomic mass is 16.5. The lowest BCUT2D eigenvalue weighted by Gasteiger charge is -2.43. The predicted molar refractivity (Wildman–Crippen MR) is 53.8 cm³/mol. The molecule has 1 saturated heterocycles. The van der Waals surface area contributed by atoms with Gasteiger partial charge in [-0.3, -0.25) is 0 Å². The van der Waals surface area contributed by atoms with E-state index in [2.05, 4.69) is 12.2 Å². The van der Waals surface area contributed by atoms with Gasteiger partial charge in [-0.25, -0.2) is 0 Å². The summed E-state index contributed by atoms with van der Waals surface area (Å²) in [6.45, 7) is 5.21. The van der Waals surface area contributed by atoms with Gasteiger partial charge >= 0.3 is 0 Å². The summed E-state index contributed by atoms with van der Waals surface area (Å²) in [7, 11) is 0. The molecule has 0 aromatic rings. The van der Waals surface area contributed by atoms with E-state index in [0.29, 0.717) is 5.54 Å². The molecule has 76 valence electrons. The van der Waals surface area contributed by atoms with Crippen LogP contribution in [0.5, 0.6) is 0 Å². The fourth-order valence-electron chi connectivity index (χ4n) is 2.67. The lowest BCUT2D eigenvalue weighted by atomic mass is 9.75. The number of rotatable bonds is 1. The van der Waals surface area contributed by atoms with E-state index in [-0.39, 0.29) is 0 Å². The second-order valence-corrected chi connectivity index (χ2v) is 4.61. The van der Waals surface area contributed by atoms with Crippen molar-refractivity contribution in [1.29, 1.82) is 0 Å². The Morgan fingerprint density at radius 1 is 1.38 bits per heavy atom. The number of nitrogens with one attached hydrogen (secondary N) is 1. The molecule has 1 spiro atoms. The maximum atomic E-state index is 5.57. The predicted octanol–water partition coefficient (Wildman–Crippen LogP) is 1.95. The van der Waals surface area contributed by atoms with Crippen molar-refractivity contribution in [2.24, 2.45) is 5.92 Å². The van der Waals surface area contributed by atoms with Crippen LogP contribution in [0.4, 0.5) is 0 Å². The van der Waals surface area contributed by atoms with Gasteiger partial charge in [-0.15, -0.1) is 0 Å². The molecule has 13 heavy (non-hydrogen) atoms. The normalized spacial score (nSPS) is 40.8. The summed E-state index contributed by atoms with van der Waals surface area (Å²) in [4.78, 5) is 0. The van der Waals surface area contributed by atoms with Gasteiger partial charge in [0.1, 0.15) is 0 Å². The molecule has 1 heterocycles. The molecule has 2 heteroatoms. The Labute approximate surface area is 81.0 Å². The molecule has 0 aromatic carbocycles. The molecule has 0 bridgehead atoms. The molecule has 1 N–H and O–H groups in total. The van der Waals surface area contributed by atoms with Crippen LogP contribution < -0.4 is 5.32 Å². The van der Waals surface area contributed by atoms with Crippen molar-refractivity contribution in [3.8, 4) is 0 Å². The summed E-state index contributed by atoms with van der Waals surface area (Å²) < 4.78 is 5.57. The molecule has 0 atom stereocenters. The van der Waals surface area contributed by atoms with Crippen molar-refractivity contribution in [3.63, 3.8) is 0 Å². The van der Waals surface area contributed by atoms with Gasteiger partial charge in [-0.05, 0) is 31.6 Å². The third kappa shape index (κ3) is 2.05. The first-order valence-electron chi connectivity index (χ1n) is 5.67. The minimum Gasteiger partial charge on any atom is -0.378 e. The lowest BCUT2D eigenvalue weighted by molar-refractivity contribution is 0.00198. The average Bonchev–Trinajstić information content (AvgIpc) is 2.20. The molecule has 2 nitrogen and oxygen atoms in total. The molecule has 2 aliphatic rings. The van der Waals surface area contributed by atoms with Crippen LogP contribution in [0.3, 0.4) is 0 Å². The zero-order chi connectivity index (χ0) is 9.15. The first-order chi connectivity index (χ1) is 6.35. The Balaban J connectivity index is 1.87. The van der Waals surface area contributed by atoms with E-state index in [1.54, 1.807) is 0 Å². The zero-order valence-corrected chi connectivity index (χ0v) is 8.64. The van der Waals surface area contributed by atoms with Crippen LogP contribution in [-0.2, 0) is 4.74 Å². The molecular formula is C11H21NO. The van der Waals surface area contributed by atoms with Gasteiger partial charge < -0.3 is 10.1 Å². The standard InChI is InChI=1S/C11H21NO/c1-2-10-3-5-11(6-4-10)9-13-8-7-12-11/h10,12H,2-9H2,1H3. The molecule has 2 fully saturated rings. The van der Waals surface area contributed by atoms with Gasteiger partial charge in [0.2, 0.25) is 0 Å². The van der Waals surface area contributed by atoms with Crippen LogP contribution in [0.2, 0.25) is 0 Å². The average molecular weight is 183 g/mol. The Morgan fingerprint density at radius 2 is 2.15 bits per heavy atom. The Morgan fingerprint density at radius 3 is 2.69 bits per heavy atom. The van der Waals surface area contributed by atoms with Gasteiger partial charge in [0.15, 0.2) is 0 Å². The second-order valence-electron chi connectivity index (χ2n) is 4.61. The van der Waals surface area contributed by atoms with Gasteiger partial charge in [0.25, 0.3) is 0 Å². The summed E-state index contributed by atoms with van der Waals surface area (Å²) in [5.74, 6) is 0.981. The number of morpholine rings is 1. The fraction of sp³-hybridized carbons (Fsp3) is 1.00. The molecule has 1 aliphatic heterocycles. The largest absolute Gasteiger partial charge is 0.378 e. The van der Waals surface area contributed by atoms with Crippen molar-refractivity contribution >= 4 is 0 Å². The van der Waals surface area contributed by atoms with Gasteiger partial charge in [0.05, 0.1) is 13.2 Å². The molecule has 0 radical (unpaired) electrons. The summed E-state index contributed by atoms with van der Waals surface area (Å²) in [5.41, 5.74) is 0.365. The molecule has 1 saturated carbocycles. The number of ether oxygens (including phenoxy) is 1. The van der Waals surface area contributed by atoms with Gasteiger partial charge in [-0.1, -0.05) is 13.3 Å². The van der Waals surface area contributed by atoms with Crippen molar-refractivity contribution in [2.75, 3.05) is 19.8 Å². The SMILES string of the molecule is CCC1CCC2(CC1)COCCN2. The maximum Gasteiger partial charge on any atom is 0.0648 e. The van der Waals surface area contributed by atoms with Gasteiger partial charge in [0, 0.05) is 12.1 Å². The van der Waals surface area contributed by atoms with Crippen LogP contribution in [0.25, 0.3) is 0 Å². The van der Waals surface area contributed by atoms with E-state index >= 15 is 0 Å². The summed E-state index contributed by atoms with van der Waals surface area (Å²) in [6.07, 6.45) is 6.80. The number of hydrogen-bond acceptors (Lipinski definition) is 2. The molecule has 1 aliphatic carbocycles. The van der Waals surface area contributed by atoms with E-state index in [1.807, 2.05) is 0 Å². The first kappa shape index (κ1) is 9.47. The topological polar surface area (TPSA) is 21.3 Å². The van der Waals surface area contributed by atoms with E-state index in [9.17, 15) is 0 Å². The minimum absolute atomic E-state index is 0.365. The van der Waals surface area contributed by atoms with Crippen LogP contribution >= 0.6 is 0 Å². The summed E-state index contributed by atoms with van der Waals surface area (Å²) in [6, 6.07) is 0. The fourth-order valence-corrected chi connectivity index (χ4v) is 2.67. The first-order valence-corrected chi connectivity index (χ1v) is 5.67. The Hall–Kier alpha value is -0.0800.